The fourth-order valence-corrected chi connectivity index (χ4v) is 4.17. The van der Waals surface area contributed by atoms with Gasteiger partial charge in [-0.1, -0.05) is 36.4 Å². The molecular weight excluding hydrogens is 456 g/mol. The summed E-state index contributed by atoms with van der Waals surface area (Å²) in [6.45, 7) is 1.82. The van der Waals surface area contributed by atoms with Crippen molar-refractivity contribution in [3.63, 3.8) is 0 Å². The van der Waals surface area contributed by atoms with Crippen LogP contribution in [0.15, 0.2) is 88.0 Å². The van der Waals surface area contributed by atoms with Crippen molar-refractivity contribution in [2.75, 3.05) is 20.3 Å². The quantitative estimate of drug-likeness (QED) is 0.298. The Morgan fingerprint density at radius 3 is 2.56 bits per heavy atom. The summed E-state index contributed by atoms with van der Waals surface area (Å²) in [5, 5.41) is 15.3. The number of hydrogen-bond acceptors (Lipinski definition) is 6. The molecule has 0 bridgehead atoms. The predicted octanol–water partition coefficient (Wildman–Crippen LogP) is 4.52. The first-order chi connectivity index (χ1) is 17.5. The van der Waals surface area contributed by atoms with E-state index in [-0.39, 0.29) is 24.3 Å². The van der Waals surface area contributed by atoms with Gasteiger partial charge in [0.25, 0.3) is 11.8 Å². The van der Waals surface area contributed by atoms with Crippen molar-refractivity contribution in [3.05, 3.63) is 89.1 Å². The zero-order valence-corrected chi connectivity index (χ0v) is 19.8. The number of imide groups is 1. The fraction of sp³-hybridized carbons (Fsp3) is 0.143. The van der Waals surface area contributed by atoms with Crippen LogP contribution < -0.4 is 0 Å². The highest BCUT2D eigenvalue weighted by Gasteiger charge is 2.35. The van der Waals surface area contributed by atoms with Crippen molar-refractivity contribution in [2.24, 2.45) is 0 Å². The highest BCUT2D eigenvalue weighted by Crippen LogP contribution is 2.33. The lowest BCUT2D eigenvalue weighted by Gasteiger charge is -2.27. The molecule has 3 heterocycles. The minimum atomic E-state index is -0.619. The molecule has 2 aromatic heterocycles. The Labute approximate surface area is 207 Å². The third-order valence-corrected chi connectivity index (χ3v) is 6.07. The van der Waals surface area contributed by atoms with E-state index in [2.05, 4.69) is 0 Å². The van der Waals surface area contributed by atoms with E-state index < -0.39 is 11.8 Å². The van der Waals surface area contributed by atoms with Crippen molar-refractivity contribution in [2.45, 2.75) is 6.92 Å². The molecule has 178 valence electrons. The molecule has 0 atom stereocenters. The van der Waals surface area contributed by atoms with E-state index in [0.717, 1.165) is 16.0 Å². The van der Waals surface area contributed by atoms with Crippen LogP contribution in [0, 0.1) is 11.3 Å². The lowest BCUT2D eigenvalue weighted by molar-refractivity contribution is -0.141. The summed E-state index contributed by atoms with van der Waals surface area (Å²) in [5.74, 6) is -0.571. The number of amides is 2. The molecule has 0 unspecified atom stereocenters. The second kappa shape index (κ2) is 9.49. The van der Waals surface area contributed by atoms with E-state index in [0.29, 0.717) is 28.2 Å². The van der Waals surface area contributed by atoms with Crippen molar-refractivity contribution in [3.8, 4) is 23.2 Å². The van der Waals surface area contributed by atoms with Gasteiger partial charge in [0.1, 0.15) is 22.9 Å². The first-order valence-corrected chi connectivity index (χ1v) is 11.3. The van der Waals surface area contributed by atoms with Crippen LogP contribution in [0.1, 0.15) is 12.5 Å². The number of fused-ring (bicyclic) bond motifs is 1. The van der Waals surface area contributed by atoms with Gasteiger partial charge in [-0.25, -0.2) is 4.68 Å². The average Bonchev–Trinajstić information content (AvgIpc) is 3.51. The van der Waals surface area contributed by atoms with E-state index >= 15 is 0 Å². The Bertz CT molecular complexity index is 1550. The molecule has 1 aliphatic heterocycles. The number of nitriles is 1. The predicted molar refractivity (Wildman–Crippen MR) is 134 cm³/mol. The molecule has 0 spiro atoms. The van der Waals surface area contributed by atoms with Crippen LogP contribution in [0.2, 0.25) is 0 Å². The fourth-order valence-electron chi connectivity index (χ4n) is 4.17. The molecule has 0 N–H and O–H groups in total. The summed E-state index contributed by atoms with van der Waals surface area (Å²) in [7, 11) is 1.49. The smallest absolute Gasteiger partial charge is 0.271 e. The molecule has 0 aliphatic carbocycles. The van der Waals surface area contributed by atoms with Crippen molar-refractivity contribution >= 4 is 28.9 Å². The third kappa shape index (κ3) is 4.02. The molecular formula is C28H22N4O4. The van der Waals surface area contributed by atoms with Gasteiger partial charge in [-0.05, 0) is 42.8 Å². The van der Waals surface area contributed by atoms with Gasteiger partial charge in [0.2, 0.25) is 0 Å². The van der Waals surface area contributed by atoms with Gasteiger partial charge in [-0.15, -0.1) is 0 Å². The number of benzene rings is 2. The van der Waals surface area contributed by atoms with Crippen LogP contribution in [0.5, 0.6) is 0 Å². The van der Waals surface area contributed by atoms with Crippen molar-refractivity contribution in [1.29, 1.82) is 5.26 Å². The molecule has 0 saturated carbocycles. The molecule has 5 rings (SSSR count). The Morgan fingerprint density at radius 1 is 1.08 bits per heavy atom. The molecule has 2 aromatic carbocycles. The lowest BCUT2D eigenvalue weighted by Crippen LogP contribution is -2.44. The SMILES string of the molecule is COCCN1C(=O)C(C#N)=C(C)/C(=C\c2cn(-c3ccccc3)nc2-c2cc3ccccc3o2)C1=O. The maximum Gasteiger partial charge on any atom is 0.271 e. The summed E-state index contributed by atoms with van der Waals surface area (Å²) >= 11 is 0. The molecule has 8 nitrogen and oxygen atoms in total. The second-order valence-corrected chi connectivity index (χ2v) is 8.29. The van der Waals surface area contributed by atoms with Gasteiger partial charge in [0, 0.05) is 29.8 Å². The highest BCUT2D eigenvalue weighted by molar-refractivity contribution is 6.19. The molecule has 0 radical (unpaired) electrons. The van der Waals surface area contributed by atoms with Gasteiger partial charge in [0.05, 0.1) is 18.8 Å². The lowest BCUT2D eigenvalue weighted by atomic mass is 9.93. The van der Waals surface area contributed by atoms with Gasteiger partial charge in [-0.3, -0.25) is 14.5 Å². The molecule has 4 aromatic rings. The molecule has 0 fully saturated rings. The minimum absolute atomic E-state index is 0.0453. The zero-order valence-electron chi connectivity index (χ0n) is 19.8. The number of para-hydroxylation sites is 2. The number of carbonyl (C=O) groups is 2. The Hall–Kier alpha value is -4.74. The van der Waals surface area contributed by atoms with Crippen LogP contribution in [-0.2, 0) is 14.3 Å². The van der Waals surface area contributed by atoms with E-state index in [1.165, 1.54) is 7.11 Å². The topological polar surface area (TPSA) is 101 Å². The summed E-state index contributed by atoms with van der Waals surface area (Å²) in [6.07, 6.45) is 3.46. The maximum absolute atomic E-state index is 13.4. The Morgan fingerprint density at radius 2 is 1.83 bits per heavy atom. The largest absolute Gasteiger partial charge is 0.454 e. The van der Waals surface area contributed by atoms with E-state index in [9.17, 15) is 14.9 Å². The normalized spacial score (nSPS) is 15.2. The number of hydrogen-bond donors (Lipinski definition) is 0. The first kappa shape index (κ1) is 23.0. The molecule has 8 heteroatoms. The Kier molecular flexibility index (Phi) is 6.07. The van der Waals surface area contributed by atoms with Crippen LogP contribution in [0.4, 0.5) is 0 Å². The molecule has 1 aliphatic rings. The zero-order chi connectivity index (χ0) is 25.2. The highest BCUT2D eigenvalue weighted by atomic mass is 16.5. The molecule has 36 heavy (non-hydrogen) atoms. The summed E-state index contributed by atoms with van der Waals surface area (Å²) in [5.41, 5.74) is 3.18. The van der Waals surface area contributed by atoms with Gasteiger partial charge >= 0.3 is 0 Å². The van der Waals surface area contributed by atoms with Gasteiger partial charge in [0.15, 0.2) is 5.76 Å². The van der Waals surface area contributed by atoms with Crippen LogP contribution in [-0.4, -0.2) is 46.8 Å². The average molecular weight is 479 g/mol. The molecule has 0 saturated heterocycles. The number of carbonyl (C=O) groups excluding carboxylic acids is 2. The maximum atomic E-state index is 13.4. The third-order valence-electron chi connectivity index (χ3n) is 6.07. The van der Waals surface area contributed by atoms with Gasteiger partial charge in [-0.2, -0.15) is 10.4 Å². The standard InChI is InChI=1S/C28H22N4O4/c1-18-22(27(33)31(12-13-35-2)28(34)23(18)16-29)14-20-17-32(21-9-4-3-5-10-21)30-26(20)25-15-19-8-6-7-11-24(19)36-25/h3-11,14-15,17H,12-13H2,1-2H3/b22-14+. The monoisotopic (exact) mass is 478 g/mol. The number of rotatable bonds is 6. The summed E-state index contributed by atoms with van der Waals surface area (Å²) in [6, 6.07) is 21.1. The van der Waals surface area contributed by atoms with Crippen molar-refractivity contribution in [1.82, 2.24) is 14.7 Å². The summed E-state index contributed by atoms with van der Waals surface area (Å²) in [4.78, 5) is 27.2. The van der Waals surface area contributed by atoms with E-state index in [1.807, 2.05) is 66.7 Å². The Balaban J connectivity index is 1.69. The number of furan rings is 1. The number of aromatic nitrogens is 2. The summed E-state index contributed by atoms with van der Waals surface area (Å²) < 4.78 is 12.9. The number of methoxy groups -OCH3 is 1. The van der Waals surface area contributed by atoms with Crippen molar-refractivity contribution < 1.29 is 18.7 Å². The van der Waals surface area contributed by atoms with Crippen LogP contribution >= 0.6 is 0 Å². The second-order valence-electron chi connectivity index (χ2n) is 8.29. The van der Waals surface area contributed by atoms with E-state index in [4.69, 9.17) is 14.3 Å². The van der Waals surface area contributed by atoms with Gasteiger partial charge < -0.3 is 9.15 Å². The first-order valence-electron chi connectivity index (χ1n) is 11.3. The van der Waals surface area contributed by atoms with E-state index in [1.54, 1.807) is 23.9 Å². The minimum Gasteiger partial charge on any atom is -0.454 e. The number of ether oxygens (including phenoxy) is 1. The number of nitrogens with zero attached hydrogens (tertiary/aromatic N) is 4. The molecule has 2 amide bonds. The van der Waals surface area contributed by atoms with Crippen LogP contribution in [0.25, 0.3) is 34.2 Å². The van der Waals surface area contributed by atoms with Crippen LogP contribution in [0.3, 0.4) is 0 Å².